The van der Waals surface area contributed by atoms with E-state index in [1.165, 1.54) is 0 Å². The van der Waals surface area contributed by atoms with Crippen molar-refractivity contribution in [3.05, 3.63) is 54.0 Å². The minimum atomic E-state index is -0.121. The van der Waals surface area contributed by atoms with Crippen molar-refractivity contribution in [3.8, 4) is 0 Å². The topological polar surface area (TPSA) is 59.5 Å². The second-order valence-electron chi connectivity index (χ2n) is 4.55. The van der Waals surface area contributed by atoms with E-state index in [1.807, 2.05) is 43.3 Å². The number of benzene rings is 1. The van der Waals surface area contributed by atoms with Crippen molar-refractivity contribution in [1.29, 1.82) is 0 Å². The Morgan fingerprint density at radius 1 is 1.20 bits per heavy atom. The first-order valence-electron chi connectivity index (χ1n) is 6.92. The van der Waals surface area contributed by atoms with Gasteiger partial charge in [0.2, 0.25) is 0 Å². The molecule has 4 nitrogen and oxygen atoms in total. The highest BCUT2D eigenvalue weighted by Crippen LogP contribution is 2.18. The molecule has 0 aliphatic heterocycles. The van der Waals surface area contributed by atoms with Crippen molar-refractivity contribution in [1.82, 2.24) is 0 Å². The molecular formula is C16H20N2O2. The van der Waals surface area contributed by atoms with Gasteiger partial charge in [-0.25, -0.2) is 0 Å². The Bertz CT molecular complexity index is 549. The van der Waals surface area contributed by atoms with Crippen molar-refractivity contribution in [3.63, 3.8) is 0 Å². The molecule has 1 heterocycles. The lowest BCUT2D eigenvalue weighted by molar-refractivity contribution is 0.0958. The van der Waals surface area contributed by atoms with Gasteiger partial charge < -0.3 is 15.1 Å². The summed E-state index contributed by atoms with van der Waals surface area (Å²) in [5.74, 6) is 1.08. The van der Waals surface area contributed by atoms with Crippen LogP contribution in [0.2, 0.25) is 0 Å². The minimum Gasteiger partial charge on any atom is -0.456 e. The molecule has 4 heteroatoms. The molecule has 0 fully saturated rings. The van der Waals surface area contributed by atoms with Gasteiger partial charge in [-0.05, 0) is 37.2 Å². The fourth-order valence-electron chi connectivity index (χ4n) is 2.02. The van der Waals surface area contributed by atoms with E-state index in [9.17, 15) is 4.79 Å². The lowest BCUT2D eigenvalue weighted by atomic mass is 10.2. The fraction of sp³-hybridized carbons (Fsp3) is 0.312. The average Bonchev–Trinajstić information content (AvgIpc) is 2.97. The number of nitrogens with zero attached hydrogens (tertiary/aromatic N) is 1. The molecule has 0 saturated heterocycles. The monoisotopic (exact) mass is 272 g/mol. The summed E-state index contributed by atoms with van der Waals surface area (Å²) in [6, 6.07) is 13.2. The zero-order valence-corrected chi connectivity index (χ0v) is 11.7. The van der Waals surface area contributed by atoms with Crippen LogP contribution in [0.1, 0.15) is 29.7 Å². The largest absolute Gasteiger partial charge is 0.456 e. The zero-order valence-electron chi connectivity index (χ0n) is 11.7. The Labute approximate surface area is 119 Å². The molecule has 0 aliphatic carbocycles. The van der Waals surface area contributed by atoms with E-state index in [1.54, 1.807) is 11.0 Å². The highest BCUT2D eigenvalue weighted by atomic mass is 16.4. The summed E-state index contributed by atoms with van der Waals surface area (Å²) in [5.41, 5.74) is 6.42. The van der Waals surface area contributed by atoms with Crippen molar-refractivity contribution in [2.75, 3.05) is 18.0 Å². The fourth-order valence-corrected chi connectivity index (χ4v) is 2.02. The van der Waals surface area contributed by atoms with E-state index in [0.717, 1.165) is 24.3 Å². The maximum Gasteiger partial charge on any atom is 0.293 e. The number of amides is 1. The van der Waals surface area contributed by atoms with Gasteiger partial charge in [-0.2, -0.15) is 0 Å². The van der Waals surface area contributed by atoms with Crippen molar-refractivity contribution in [2.45, 2.75) is 19.8 Å². The van der Waals surface area contributed by atoms with Gasteiger partial charge in [0.05, 0.1) is 0 Å². The quantitative estimate of drug-likeness (QED) is 0.879. The molecule has 1 aromatic carbocycles. The predicted molar refractivity (Wildman–Crippen MR) is 79.9 cm³/mol. The summed E-state index contributed by atoms with van der Waals surface area (Å²) in [6.45, 7) is 3.13. The molecule has 2 aromatic rings. The van der Waals surface area contributed by atoms with Gasteiger partial charge in [0, 0.05) is 18.7 Å². The van der Waals surface area contributed by atoms with E-state index in [2.05, 4.69) is 0 Å². The van der Waals surface area contributed by atoms with Crippen LogP contribution in [-0.2, 0) is 6.42 Å². The third kappa shape index (κ3) is 3.27. The summed E-state index contributed by atoms with van der Waals surface area (Å²) < 4.78 is 5.55. The number of carbonyl (C=O) groups excluding carboxylic acids is 1. The number of nitrogens with two attached hydrogens (primary N) is 1. The van der Waals surface area contributed by atoms with Crippen molar-refractivity contribution < 1.29 is 9.21 Å². The summed E-state index contributed by atoms with van der Waals surface area (Å²) in [6.07, 6.45) is 1.53. The number of hydrogen-bond donors (Lipinski definition) is 1. The van der Waals surface area contributed by atoms with Crippen LogP contribution >= 0.6 is 0 Å². The van der Waals surface area contributed by atoms with Crippen LogP contribution in [-0.4, -0.2) is 19.0 Å². The number of furan rings is 1. The SMILES string of the molecule is CCc1ccc(C(=O)N(CCCN)c2ccccc2)o1. The zero-order chi connectivity index (χ0) is 14.4. The third-order valence-electron chi connectivity index (χ3n) is 3.12. The number of anilines is 1. The normalized spacial score (nSPS) is 10.5. The van der Waals surface area contributed by atoms with Crippen LogP contribution in [0, 0.1) is 0 Å². The standard InChI is InChI=1S/C16H20N2O2/c1-2-14-9-10-15(20-14)16(19)18(12-6-11-17)13-7-4-3-5-8-13/h3-5,7-10H,2,6,11-12,17H2,1H3. The summed E-state index contributed by atoms with van der Waals surface area (Å²) >= 11 is 0. The van der Waals surface area contributed by atoms with E-state index in [-0.39, 0.29) is 5.91 Å². The van der Waals surface area contributed by atoms with Gasteiger partial charge in [-0.15, -0.1) is 0 Å². The summed E-state index contributed by atoms with van der Waals surface area (Å²) in [4.78, 5) is 14.3. The molecule has 0 spiro atoms. The average molecular weight is 272 g/mol. The third-order valence-corrected chi connectivity index (χ3v) is 3.12. The molecule has 106 valence electrons. The van der Waals surface area contributed by atoms with Gasteiger partial charge in [-0.3, -0.25) is 4.79 Å². The lowest BCUT2D eigenvalue weighted by Crippen LogP contribution is -2.32. The highest BCUT2D eigenvalue weighted by Gasteiger charge is 2.20. The Kier molecular flexibility index (Phi) is 4.96. The van der Waals surface area contributed by atoms with Gasteiger partial charge in [0.1, 0.15) is 5.76 Å². The van der Waals surface area contributed by atoms with Crippen molar-refractivity contribution >= 4 is 11.6 Å². The molecule has 0 saturated carbocycles. The van der Waals surface area contributed by atoms with Gasteiger partial charge >= 0.3 is 0 Å². The lowest BCUT2D eigenvalue weighted by Gasteiger charge is -2.21. The first-order valence-corrected chi connectivity index (χ1v) is 6.92. The Hall–Kier alpha value is -2.07. The van der Waals surface area contributed by atoms with Crippen LogP contribution < -0.4 is 10.6 Å². The Morgan fingerprint density at radius 2 is 1.95 bits per heavy atom. The smallest absolute Gasteiger partial charge is 0.293 e. The van der Waals surface area contributed by atoms with E-state index in [4.69, 9.17) is 10.2 Å². The second kappa shape index (κ2) is 6.91. The number of rotatable bonds is 6. The van der Waals surface area contributed by atoms with Crippen LogP contribution in [0.5, 0.6) is 0 Å². The molecular weight excluding hydrogens is 252 g/mol. The number of para-hydroxylation sites is 1. The molecule has 0 atom stereocenters. The van der Waals surface area contributed by atoms with Crippen LogP contribution in [0.4, 0.5) is 5.69 Å². The van der Waals surface area contributed by atoms with E-state index < -0.39 is 0 Å². The van der Waals surface area contributed by atoms with Crippen LogP contribution in [0.15, 0.2) is 46.9 Å². The predicted octanol–water partition coefficient (Wildman–Crippen LogP) is 2.84. The molecule has 0 radical (unpaired) electrons. The molecule has 20 heavy (non-hydrogen) atoms. The molecule has 0 unspecified atom stereocenters. The maximum atomic E-state index is 12.6. The Balaban J connectivity index is 2.24. The van der Waals surface area contributed by atoms with Crippen LogP contribution in [0.25, 0.3) is 0 Å². The minimum absolute atomic E-state index is 0.121. The number of carbonyl (C=O) groups is 1. The molecule has 2 N–H and O–H groups in total. The summed E-state index contributed by atoms with van der Waals surface area (Å²) in [7, 11) is 0. The van der Waals surface area contributed by atoms with Crippen LogP contribution in [0.3, 0.4) is 0 Å². The molecule has 0 bridgehead atoms. The highest BCUT2D eigenvalue weighted by molar-refractivity contribution is 6.04. The summed E-state index contributed by atoms with van der Waals surface area (Å²) in [5, 5.41) is 0. The maximum absolute atomic E-state index is 12.6. The first-order chi connectivity index (χ1) is 9.76. The number of hydrogen-bond acceptors (Lipinski definition) is 3. The van der Waals surface area contributed by atoms with Gasteiger partial charge in [-0.1, -0.05) is 25.1 Å². The van der Waals surface area contributed by atoms with E-state index in [0.29, 0.717) is 18.8 Å². The van der Waals surface area contributed by atoms with Gasteiger partial charge in [0.15, 0.2) is 5.76 Å². The van der Waals surface area contributed by atoms with Crippen molar-refractivity contribution in [2.24, 2.45) is 5.73 Å². The molecule has 2 rings (SSSR count). The number of aryl methyl sites for hydroxylation is 1. The molecule has 1 aromatic heterocycles. The Morgan fingerprint density at radius 3 is 2.55 bits per heavy atom. The first kappa shape index (κ1) is 14.3. The van der Waals surface area contributed by atoms with Gasteiger partial charge in [0.25, 0.3) is 5.91 Å². The molecule has 0 aliphatic rings. The molecule has 1 amide bonds. The van der Waals surface area contributed by atoms with E-state index >= 15 is 0 Å². The second-order valence-corrected chi connectivity index (χ2v) is 4.55.